The molecule has 21 heavy (non-hydrogen) atoms. The average Bonchev–Trinajstić information content (AvgIpc) is 2.90. The van der Waals surface area contributed by atoms with E-state index in [1.54, 1.807) is 0 Å². The lowest BCUT2D eigenvalue weighted by Crippen LogP contribution is -2.47. The number of nitrogens with zero attached hydrogens (tertiary/aromatic N) is 2. The lowest BCUT2D eigenvalue weighted by Gasteiger charge is -2.35. The van der Waals surface area contributed by atoms with Crippen LogP contribution < -0.4 is 0 Å². The first-order valence-corrected chi connectivity index (χ1v) is 8.59. The quantitative estimate of drug-likeness (QED) is 0.901. The lowest BCUT2D eigenvalue weighted by atomic mass is 10.0. The maximum Gasteiger partial charge on any atom is 0.304 e. The number of rotatable bonds is 5. The second-order valence-electron chi connectivity index (χ2n) is 5.83. The second-order valence-corrected chi connectivity index (χ2v) is 6.89. The molecule has 1 unspecified atom stereocenters. The molecule has 0 aliphatic carbocycles. The molecular weight excluding hydrogens is 284 g/mol. The number of carbonyl (C=O) groups is 1. The van der Waals surface area contributed by atoms with Crippen LogP contribution in [0.25, 0.3) is 0 Å². The average molecular weight is 306 g/mol. The van der Waals surface area contributed by atoms with Crippen LogP contribution in [0.2, 0.25) is 0 Å². The van der Waals surface area contributed by atoms with Crippen molar-refractivity contribution in [1.82, 2.24) is 9.80 Å². The maximum absolute atomic E-state index is 10.6. The number of hydrogen-bond donors (Lipinski definition) is 1. The number of benzene rings is 1. The van der Waals surface area contributed by atoms with Crippen molar-refractivity contribution in [2.24, 2.45) is 0 Å². The Hall–Kier alpha value is -1.04. The summed E-state index contributed by atoms with van der Waals surface area (Å²) in [7, 11) is 0. The molecule has 1 aromatic rings. The number of carboxylic acids is 1. The first-order chi connectivity index (χ1) is 10.2. The van der Waals surface area contributed by atoms with Gasteiger partial charge in [-0.2, -0.15) is 0 Å². The highest BCUT2D eigenvalue weighted by molar-refractivity contribution is 7.99. The fourth-order valence-corrected chi connectivity index (χ4v) is 4.38. The van der Waals surface area contributed by atoms with Gasteiger partial charge in [-0.1, -0.05) is 18.2 Å². The Morgan fingerprint density at radius 3 is 2.67 bits per heavy atom. The summed E-state index contributed by atoms with van der Waals surface area (Å²) in [5.74, 6) is 1.15. The van der Waals surface area contributed by atoms with Gasteiger partial charge in [-0.3, -0.25) is 4.79 Å². The molecule has 4 nitrogen and oxygen atoms in total. The molecule has 1 aromatic carbocycles. The summed E-state index contributed by atoms with van der Waals surface area (Å²) in [5.41, 5.74) is 1.51. The number of fused-ring (bicyclic) bond motifs is 1. The summed E-state index contributed by atoms with van der Waals surface area (Å²) < 4.78 is 0. The third kappa shape index (κ3) is 3.78. The van der Waals surface area contributed by atoms with E-state index < -0.39 is 5.97 Å². The van der Waals surface area contributed by atoms with Crippen LogP contribution in [-0.4, -0.2) is 65.9 Å². The highest BCUT2D eigenvalue weighted by atomic mass is 32.2. The molecule has 0 amide bonds. The number of hydrogen-bond acceptors (Lipinski definition) is 4. The highest BCUT2D eigenvalue weighted by Crippen LogP contribution is 2.39. The van der Waals surface area contributed by atoms with E-state index in [4.69, 9.17) is 5.11 Å². The number of piperazine rings is 1. The zero-order valence-corrected chi connectivity index (χ0v) is 13.0. The molecule has 2 aliphatic heterocycles. The molecule has 2 aliphatic rings. The summed E-state index contributed by atoms with van der Waals surface area (Å²) >= 11 is 1.97. The van der Waals surface area contributed by atoms with Crippen LogP contribution in [0, 0.1) is 0 Å². The Labute approximate surface area is 130 Å². The molecule has 1 fully saturated rings. The van der Waals surface area contributed by atoms with Crippen molar-refractivity contribution in [1.29, 1.82) is 0 Å². The van der Waals surface area contributed by atoms with E-state index in [1.165, 1.54) is 16.2 Å². The van der Waals surface area contributed by atoms with E-state index in [2.05, 4.69) is 34.1 Å². The van der Waals surface area contributed by atoms with Crippen molar-refractivity contribution >= 4 is 17.7 Å². The van der Waals surface area contributed by atoms with Gasteiger partial charge in [0.05, 0.1) is 6.42 Å². The molecule has 3 rings (SSSR count). The Balaban J connectivity index is 1.47. The Morgan fingerprint density at radius 2 is 1.90 bits per heavy atom. The Morgan fingerprint density at radius 1 is 1.19 bits per heavy atom. The molecule has 0 spiro atoms. The molecule has 0 radical (unpaired) electrons. The largest absolute Gasteiger partial charge is 0.481 e. The number of thioether (sulfide) groups is 1. The standard InChI is InChI=1S/C16H22N2O2S/c19-16(20)5-6-17-7-9-18(10-8-17)11-13-12-21-15-4-2-1-3-14(13)15/h1-4,13H,5-12H2,(H,19,20). The fraction of sp³-hybridized carbons (Fsp3) is 0.562. The summed E-state index contributed by atoms with van der Waals surface area (Å²) in [5, 5.41) is 8.74. The Kier molecular flexibility index (Phi) is 4.83. The molecule has 0 aromatic heterocycles. The minimum atomic E-state index is -0.697. The van der Waals surface area contributed by atoms with Crippen molar-refractivity contribution in [2.75, 3.05) is 45.0 Å². The molecule has 5 heteroatoms. The van der Waals surface area contributed by atoms with Crippen LogP contribution in [-0.2, 0) is 4.79 Å². The summed E-state index contributed by atoms with van der Waals surface area (Å²) in [6.07, 6.45) is 0.257. The maximum atomic E-state index is 10.6. The number of carboxylic acid groups (broad SMARTS) is 1. The second kappa shape index (κ2) is 6.81. The monoisotopic (exact) mass is 306 g/mol. The van der Waals surface area contributed by atoms with Gasteiger partial charge in [0.15, 0.2) is 0 Å². The Bertz CT molecular complexity index is 501. The normalized spacial score (nSPS) is 23.1. The van der Waals surface area contributed by atoms with Gasteiger partial charge in [0.25, 0.3) is 0 Å². The summed E-state index contributed by atoms with van der Waals surface area (Å²) in [4.78, 5) is 16.9. The van der Waals surface area contributed by atoms with Gasteiger partial charge in [-0.05, 0) is 11.6 Å². The van der Waals surface area contributed by atoms with E-state index in [1.807, 2.05) is 11.8 Å². The van der Waals surface area contributed by atoms with Crippen LogP contribution in [0.4, 0.5) is 0 Å². The minimum Gasteiger partial charge on any atom is -0.481 e. The molecule has 2 heterocycles. The van der Waals surface area contributed by atoms with Crippen molar-refractivity contribution in [3.63, 3.8) is 0 Å². The first-order valence-electron chi connectivity index (χ1n) is 7.60. The topological polar surface area (TPSA) is 43.8 Å². The molecule has 114 valence electrons. The number of aliphatic carboxylic acids is 1. The molecule has 0 bridgehead atoms. The van der Waals surface area contributed by atoms with E-state index >= 15 is 0 Å². The zero-order chi connectivity index (χ0) is 14.7. The van der Waals surface area contributed by atoms with Gasteiger partial charge < -0.3 is 14.9 Å². The van der Waals surface area contributed by atoms with E-state index in [9.17, 15) is 4.79 Å². The molecule has 1 N–H and O–H groups in total. The zero-order valence-electron chi connectivity index (χ0n) is 12.2. The van der Waals surface area contributed by atoms with E-state index in [0.717, 1.165) is 32.7 Å². The molecule has 0 saturated carbocycles. The van der Waals surface area contributed by atoms with Gasteiger partial charge in [-0.25, -0.2) is 0 Å². The minimum absolute atomic E-state index is 0.257. The van der Waals surface area contributed by atoms with Gasteiger partial charge in [-0.15, -0.1) is 11.8 Å². The fourth-order valence-electron chi connectivity index (χ4n) is 3.14. The van der Waals surface area contributed by atoms with Crippen LogP contribution in [0.3, 0.4) is 0 Å². The SMILES string of the molecule is O=C(O)CCN1CCN(CC2CSc3ccccc32)CC1. The van der Waals surface area contributed by atoms with Crippen LogP contribution >= 0.6 is 11.8 Å². The van der Waals surface area contributed by atoms with Crippen molar-refractivity contribution in [3.8, 4) is 0 Å². The summed E-state index contributed by atoms with van der Waals surface area (Å²) in [6, 6.07) is 8.75. The van der Waals surface area contributed by atoms with Crippen LogP contribution in [0.15, 0.2) is 29.2 Å². The molecule has 1 atom stereocenters. The van der Waals surface area contributed by atoms with E-state index in [0.29, 0.717) is 12.5 Å². The molecule has 1 saturated heterocycles. The van der Waals surface area contributed by atoms with Crippen molar-refractivity contribution < 1.29 is 9.90 Å². The highest BCUT2D eigenvalue weighted by Gasteiger charge is 2.26. The van der Waals surface area contributed by atoms with Gasteiger partial charge in [0, 0.05) is 55.8 Å². The molecular formula is C16H22N2O2S. The summed E-state index contributed by atoms with van der Waals surface area (Å²) in [6.45, 7) is 5.93. The predicted molar refractivity (Wildman–Crippen MR) is 85.0 cm³/mol. The van der Waals surface area contributed by atoms with Gasteiger partial charge in [0.2, 0.25) is 0 Å². The lowest BCUT2D eigenvalue weighted by molar-refractivity contribution is -0.137. The third-order valence-electron chi connectivity index (χ3n) is 4.38. The van der Waals surface area contributed by atoms with Crippen LogP contribution in [0.5, 0.6) is 0 Å². The van der Waals surface area contributed by atoms with Crippen LogP contribution in [0.1, 0.15) is 17.9 Å². The smallest absolute Gasteiger partial charge is 0.304 e. The van der Waals surface area contributed by atoms with Crippen molar-refractivity contribution in [3.05, 3.63) is 29.8 Å². The van der Waals surface area contributed by atoms with E-state index in [-0.39, 0.29) is 6.42 Å². The van der Waals surface area contributed by atoms with Crippen molar-refractivity contribution in [2.45, 2.75) is 17.2 Å². The first kappa shape index (κ1) is 14.9. The van der Waals surface area contributed by atoms with Gasteiger partial charge >= 0.3 is 5.97 Å². The predicted octanol–water partition coefficient (Wildman–Crippen LogP) is 1.97. The third-order valence-corrected chi connectivity index (χ3v) is 5.64. The van der Waals surface area contributed by atoms with Gasteiger partial charge in [0.1, 0.15) is 0 Å².